The average molecular weight is 250 g/mol. The first-order valence-electron chi connectivity index (χ1n) is 5.10. The number of aliphatic hydroxyl groups excluding tert-OH is 1. The van der Waals surface area contributed by atoms with E-state index < -0.39 is 6.10 Å². The molecular formula is C12H12ClN3O. The molecule has 17 heavy (non-hydrogen) atoms. The van der Waals surface area contributed by atoms with Gasteiger partial charge in [-0.1, -0.05) is 11.6 Å². The fourth-order valence-corrected chi connectivity index (χ4v) is 1.79. The number of aryl methyl sites for hydroxylation is 1. The molecule has 0 saturated carbocycles. The second-order valence-electron chi connectivity index (χ2n) is 3.76. The Bertz CT molecular complexity index is 545. The zero-order valence-electron chi connectivity index (χ0n) is 9.26. The predicted molar refractivity (Wildman–Crippen MR) is 66.7 cm³/mol. The highest BCUT2D eigenvalue weighted by molar-refractivity contribution is 6.31. The van der Waals surface area contributed by atoms with E-state index in [1.807, 2.05) is 6.92 Å². The van der Waals surface area contributed by atoms with Crippen molar-refractivity contribution in [2.75, 3.05) is 5.73 Å². The Kier molecular flexibility index (Phi) is 3.26. The van der Waals surface area contributed by atoms with E-state index in [0.717, 1.165) is 5.56 Å². The van der Waals surface area contributed by atoms with Crippen molar-refractivity contribution < 1.29 is 5.11 Å². The van der Waals surface area contributed by atoms with Gasteiger partial charge < -0.3 is 10.8 Å². The topological polar surface area (TPSA) is 72.0 Å². The molecule has 4 nitrogen and oxygen atoms in total. The summed E-state index contributed by atoms with van der Waals surface area (Å²) in [5, 5.41) is 10.6. The van der Waals surface area contributed by atoms with Crippen LogP contribution in [0.2, 0.25) is 5.02 Å². The average Bonchev–Trinajstić information content (AvgIpc) is 2.32. The summed E-state index contributed by atoms with van der Waals surface area (Å²) < 4.78 is 0. The van der Waals surface area contributed by atoms with Gasteiger partial charge in [0.1, 0.15) is 11.9 Å². The molecule has 0 aliphatic heterocycles. The Balaban J connectivity index is 2.47. The molecular weight excluding hydrogens is 238 g/mol. The number of halogens is 1. The Hall–Kier alpha value is -1.65. The minimum Gasteiger partial charge on any atom is -0.383 e. The molecule has 1 unspecified atom stereocenters. The van der Waals surface area contributed by atoms with E-state index in [9.17, 15) is 5.11 Å². The van der Waals surface area contributed by atoms with Crippen LogP contribution in [-0.2, 0) is 0 Å². The van der Waals surface area contributed by atoms with Crippen LogP contribution in [0.25, 0.3) is 0 Å². The summed E-state index contributed by atoms with van der Waals surface area (Å²) in [5.74, 6) is 0.282. The lowest BCUT2D eigenvalue weighted by Crippen LogP contribution is -2.08. The Morgan fingerprint density at radius 3 is 2.88 bits per heavy atom. The summed E-state index contributed by atoms with van der Waals surface area (Å²) in [5.41, 5.74) is 7.55. The van der Waals surface area contributed by atoms with Crippen molar-refractivity contribution in [2.45, 2.75) is 13.0 Å². The summed E-state index contributed by atoms with van der Waals surface area (Å²) >= 11 is 5.98. The molecule has 88 valence electrons. The van der Waals surface area contributed by atoms with Gasteiger partial charge in [-0.3, -0.25) is 4.98 Å². The number of anilines is 1. The van der Waals surface area contributed by atoms with Crippen molar-refractivity contribution in [2.24, 2.45) is 0 Å². The summed E-state index contributed by atoms with van der Waals surface area (Å²) in [6.07, 6.45) is 2.26. The number of nitrogens with two attached hydrogens (primary N) is 1. The molecule has 0 amide bonds. The van der Waals surface area contributed by atoms with E-state index in [4.69, 9.17) is 17.3 Å². The van der Waals surface area contributed by atoms with Crippen molar-refractivity contribution in [1.82, 2.24) is 9.97 Å². The van der Waals surface area contributed by atoms with Gasteiger partial charge in [0.05, 0.1) is 10.7 Å². The molecule has 1 atom stereocenters. The highest BCUT2D eigenvalue weighted by atomic mass is 35.5. The molecule has 0 aliphatic carbocycles. The lowest BCUT2D eigenvalue weighted by Gasteiger charge is -2.13. The molecule has 0 aliphatic rings. The van der Waals surface area contributed by atoms with Gasteiger partial charge in [-0.25, -0.2) is 4.98 Å². The first kappa shape index (κ1) is 11.8. The van der Waals surface area contributed by atoms with Crippen LogP contribution in [0.1, 0.15) is 22.9 Å². The lowest BCUT2D eigenvalue weighted by molar-refractivity contribution is 0.216. The fraction of sp³-hybridized carbons (Fsp3) is 0.167. The number of rotatable bonds is 2. The van der Waals surface area contributed by atoms with Crippen LogP contribution >= 0.6 is 11.6 Å². The fourth-order valence-electron chi connectivity index (χ4n) is 1.57. The minimum atomic E-state index is -0.962. The number of pyridine rings is 2. The normalized spacial score (nSPS) is 12.4. The van der Waals surface area contributed by atoms with Gasteiger partial charge in [0, 0.05) is 18.0 Å². The van der Waals surface area contributed by atoms with E-state index in [0.29, 0.717) is 16.3 Å². The maximum absolute atomic E-state index is 10.2. The summed E-state index contributed by atoms with van der Waals surface area (Å²) in [7, 11) is 0. The summed E-state index contributed by atoms with van der Waals surface area (Å²) in [6.45, 7) is 1.88. The Morgan fingerprint density at radius 1 is 1.41 bits per heavy atom. The maximum Gasteiger partial charge on any atom is 0.129 e. The SMILES string of the molecule is Cc1cnc(N)c(C(O)c2ncccc2Cl)c1. The first-order valence-corrected chi connectivity index (χ1v) is 5.48. The number of nitrogen functional groups attached to an aromatic ring is 1. The molecule has 0 fully saturated rings. The molecule has 3 N–H and O–H groups in total. The Morgan fingerprint density at radius 2 is 2.18 bits per heavy atom. The molecule has 0 bridgehead atoms. The second kappa shape index (κ2) is 4.69. The van der Waals surface area contributed by atoms with Crippen LogP contribution in [0.4, 0.5) is 5.82 Å². The number of aliphatic hydroxyl groups is 1. The van der Waals surface area contributed by atoms with Crippen LogP contribution in [0.15, 0.2) is 30.6 Å². The number of hydrogen-bond acceptors (Lipinski definition) is 4. The van der Waals surface area contributed by atoms with Gasteiger partial charge in [0.15, 0.2) is 0 Å². The number of hydrogen-bond donors (Lipinski definition) is 2. The molecule has 2 aromatic heterocycles. The van der Waals surface area contributed by atoms with Gasteiger partial charge in [-0.05, 0) is 30.7 Å². The zero-order chi connectivity index (χ0) is 12.4. The quantitative estimate of drug-likeness (QED) is 0.855. The maximum atomic E-state index is 10.2. The lowest BCUT2D eigenvalue weighted by atomic mass is 10.1. The van der Waals surface area contributed by atoms with Gasteiger partial charge in [0.2, 0.25) is 0 Å². The minimum absolute atomic E-state index is 0.282. The third-order valence-corrected chi connectivity index (χ3v) is 2.75. The zero-order valence-corrected chi connectivity index (χ0v) is 10.0. The van der Waals surface area contributed by atoms with E-state index >= 15 is 0 Å². The standard InChI is InChI=1S/C12H12ClN3O/c1-7-5-8(12(14)16-6-7)11(17)10-9(13)3-2-4-15-10/h2-6,11,17H,1H3,(H2,14,16). The van der Waals surface area contributed by atoms with Crippen molar-refractivity contribution in [3.05, 3.63) is 52.4 Å². The molecule has 0 radical (unpaired) electrons. The van der Waals surface area contributed by atoms with Crippen LogP contribution in [0, 0.1) is 6.92 Å². The molecule has 2 heterocycles. The molecule has 0 spiro atoms. The first-order chi connectivity index (χ1) is 8.09. The highest BCUT2D eigenvalue weighted by Gasteiger charge is 2.18. The third-order valence-electron chi connectivity index (χ3n) is 2.43. The van der Waals surface area contributed by atoms with E-state index in [1.54, 1.807) is 30.6 Å². The van der Waals surface area contributed by atoms with Gasteiger partial charge in [-0.15, -0.1) is 0 Å². The van der Waals surface area contributed by atoms with E-state index in [-0.39, 0.29) is 5.82 Å². The van der Waals surface area contributed by atoms with Crippen molar-refractivity contribution in [1.29, 1.82) is 0 Å². The van der Waals surface area contributed by atoms with Crippen LogP contribution < -0.4 is 5.73 Å². The highest BCUT2D eigenvalue weighted by Crippen LogP contribution is 2.28. The van der Waals surface area contributed by atoms with Crippen LogP contribution in [0.3, 0.4) is 0 Å². The predicted octanol–water partition coefficient (Wildman–Crippen LogP) is 2.10. The van der Waals surface area contributed by atoms with E-state index in [2.05, 4.69) is 9.97 Å². The van der Waals surface area contributed by atoms with Crippen molar-refractivity contribution >= 4 is 17.4 Å². The summed E-state index contributed by atoms with van der Waals surface area (Å²) in [6, 6.07) is 5.15. The largest absolute Gasteiger partial charge is 0.383 e. The monoisotopic (exact) mass is 249 g/mol. The molecule has 2 aromatic rings. The molecule has 0 saturated heterocycles. The van der Waals surface area contributed by atoms with Gasteiger partial charge >= 0.3 is 0 Å². The van der Waals surface area contributed by atoms with Crippen LogP contribution in [-0.4, -0.2) is 15.1 Å². The van der Waals surface area contributed by atoms with Gasteiger partial charge in [0.25, 0.3) is 0 Å². The van der Waals surface area contributed by atoms with Crippen molar-refractivity contribution in [3.63, 3.8) is 0 Å². The number of nitrogens with zero attached hydrogens (tertiary/aromatic N) is 2. The van der Waals surface area contributed by atoms with Crippen molar-refractivity contribution in [3.8, 4) is 0 Å². The molecule has 2 rings (SSSR count). The second-order valence-corrected chi connectivity index (χ2v) is 4.17. The van der Waals surface area contributed by atoms with E-state index in [1.165, 1.54) is 0 Å². The van der Waals surface area contributed by atoms with Crippen LogP contribution in [0.5, 0.6) is 0 Å². The molecule has 5 heteroatoms. The molecule has 0 aromatic carbocycles. The third kappa shape index (κ3) is 2.38. The smallest absolute Gasteiger partial charge is 0.129 e. The van der Waals surface area contributed by atoms with Gasteiger partial charge in [-0.2, -0.15) is 0 Å². The Labute approximate surface area is 104 Å². The summed E-state index contributed by atoms with van der Waals surface area (Å²) in [4.78, 5) is 8.06. The number of aromatic nitrogens is 2.